The first-order chi connectivity index (χ1) is 17.0. The molecule has 2 rings (SSSR count). The standard InChI is InChI=1S/C19H17Br2F3NO8PS2/c1-2-29-17(26)11-25(18(27)19(22,23)24)12-34(28,32-30-13-3-7-15(35-20)8-4-13)33-31-14-5-9-16(36-21)10-6-14/h3-10H,2,11-12H2,1H3. The van der Waals surface area contributed by atoms with Crippen molar-refractivity contribution in [1.82, 2.24) is 4.90 Å². The van der Waals surface area contributed by atoms with E-state index in [0.29, 0.717) is 0 Å². The van der Waals surface area contributed by atoms with Gasteiger partial charge in [0.2, 0.25) is 0 Å². The molecule has 0 atom stereocenters. The van der Waals surface area contributed by atoms with Gasteiger partial charge in [0, 0.05) is 9.79 Å². The third kappa shape index (κ3) is 10.1. The number of alkyl halides is 3. The topological polar surface area (TPSA) is 101 Å². The Bertz CT molecular complexity index is 1010. The van der Waals surface area contributed by atoms with E-state index < -0.39 is 38.5 Å². The lowest BCUT2D eigenvalue weighted by atomic mass is 10.3. The number of ether oxygens (including phenoxy) is 1. The molecule has 0 spiro atoms. The van der Waals surface area contributed by atoms with Gasteiger partial charge in [-0.3, -0.25) is 14.2 Å². The molecule has 0 fully saturated rings. The van der Waals surface area contributed by atoms with Gasteiger partial charge in [-0.25, -0.2) is 0 Å². The molecule has 0 aliphatic rings. The quantitative estimate of drug-likeness (QED) is 0.0949. The summed E-state index contributed by atoms with van der Waals surface area (Å²) in [6.07, 6.45) is -6.75. The average molecular weight is 699 g/mol. The maximum Gasteiger partial charge on any atom is 0.471 e. The number of benzene rings is 2. The number of hydrogen-bond acceptors (Lipinski definition) is 10. The molecule has 1 amide bonds. The highest BCUT2D eigenvalue weighted by atomic mass is 79.9. The van der Waals surface area contributed by atoms with Crippen molar-refractivity contribution in [1.29, 1.82) is 0 Å². The number of amides is 1. The van der Waals surface area contributed by atoms with Crippen LogP contribution in [0.1, 0.15) is 6.92 Å². The molecule has 2 aromatic rings. The lowest BCUT2D eigenvalue weighted by molar-refractivity contribution is -0.190. The van der Waals surface area contributed by atoms with Crippen molar-refractivity contribution in [3.8, 4) is 11.5 Å². The second-order valence-electron chi connectivity index (χ2n) is 6.47. The van der Waals surface area contributed by atoms with Crippen molar-refractivity contribution in [3.05, 3.63) is 48.5 Å². The SMILES string of the molecule is CCOC(=O)CN(CP(=O)(OOc1ccc(SBr)cc1)OOc1ccc(SBr)cc1)C(=O)C(F)(F)F. The fraction of sp³-hybridized carbons (Fsp3) is 0.263. The first-order valence-corrected chi connectivity index (χ1v) is 16.6. The summed E-state index contributed by atoms with van der Waals surface area (Å²) >= 11 is 6.37. The predicted octanol–water partition coefficient (Wildman–Crippen LogP) is 6.92. The van der Waals surface area contributed by atoms with Gasteiger partial charge in [0.15, 0.2) is 11.5 Å². The van der Waals surface area contributed by atoms with Crippen molar-refractivity contribution in [2.45, 2.75) is 22.9 Å². The van der Waals surface area contributed by atoms with E-state index in [9.17, 15) is 27.3 Å². The summed E-state index contributed by atoms with van der Waals surface area (Å²) in [6.45, 7) is 0.0811. The first-order valence-electron chi connectivity index (χ1n) is 9.60. The third-order valence-corrected chi connectivity index (χ3v) is 8.25. The van der Waals surface area contributed by atoms with Crippen molar-refractivity contribution in [2.24, 2.45) is 0 Å². The van der Waals surface area contributed by atoms with Crippen LogP contribution in [0.25, 0.3) is 0 Å². The fourth-order valence-electron chi connectivity index (χ4n) is 2.29. The van der Waals surface area contributed by atoms with Gasteiger partial charge in [0.1, 0.15) is 12.8 Å². The van der Waals surface area contributed by atoms with E-state index in [1.807, 2.05) is 0 Å². The van der Waals surface area contributed by atoms with E-state index in [-0.39, 0.29) is 23.0 Å². The molecule has 198 valence electrons. The van der Waals surface area contributed by atoms with Gasteiger partial charge < -0.3 is 19.4 Å². The highest BCUT2D eigenvalue weighted by molar-refractivity contribution is 9.50. The van der Waals surface area contributed by atoms with E-state index in [4.69, 9.17) is 19.1 Å². The summed E-state index contributed by atoms with van der Waals surface area (Å²) in [5.74, 6) is -3.61. The molecule has 9 nitrogen and oxygen atoms in total. The summed E-state index contributed by atoms with van der Waals surface area (Å²) < 4.78 is 67.2. The van der Waals surface area contributed by atoms with E-state index in [1.54, 1.807) is 24.3 Å². The molecule has 0 N–H and O–H groups in total. The van der Waals surface area contributed by atoms with Crippen LogP contribution < -0.4 is 9.78 Å². The van der Waals surface area contributed by atoms with Crippen LogP contribution in [0, 0.1) is 0 Å². The second kappa shape index (κ2) is 14.5. The van der Waals surface area contributed by atoms with Crippen LogP contribution in [0.4, 0.5) is 13.2 Å². The van der Waals surface area contributed by atoms with Crippen molar-refractivity contribution in [2.75, 3.05) is 19.4 Å². The molecule has 0 bridgehead atoms. The van der Waals surface area contributed by atoms with Gasteiger partial charge in [-0.2, -0.15) is 13.2 Å². The summed E-state index contributed by atoms with van der Waals surface area (Å²) in [5.41, 5.74) is 0. The molecule has 0 radical (unpaired) electrons. The van der Waals surface area contributed by atoms with Crippen LogP contribution in [-0.4, -0.2) is 42.4 Å². The Kier molecular flexibility index (Phi) is 12.4. The normalized spacial score (nSPS) is 11.6. The summed E-state index contributed by atoms with van der Waals surface area (Å²) in [4.78, 5) is 35.2. The molecule has 0 saturated heterocycles. The first kappa shape index (κ1) is 30.8. The zero-order valence-corrected chi connectivity index (χ0v) is 23.8. The van der Waals surface area contributed by atoms with Gasteiger partial charge >= 0.3 is 25.6 Å². The Labute approximate surface area is 227 Å². The lowest BCUT2D eigenvalue weighted by Crippen LogP contribution is -2.45. The molecule has 0 saturated carbocycles. The minimum atomic E-state index is -5.40. The number of rotatable bonds is 13. The number of carbonyl (C=O) groups excluding carboxylic acids is 2. The molecule has 0 aliphatic carbocycles. The molecular weight excluding hydrogens is 682 g/mol. The Morgan fingerprint density at radius 1 is 0.917 bits per heavy atom. The smallest absolute Gasteiger partial charge is 0.465 e. The fourth-order valence-corrected chi connectivity index (χ4v) is 5.23. The van der Waals surface area contributed by atoms with E-state index in [1.165, 1.54) is 51.6 Å². The van der Waals surface area contributed by atoms with Crippen LogP contribution in [0.5, 0.6) is 11.5 Å². The zero-order valence-electron chi connectivity index (χ0n) is 18.1. The number of carbonyl (C=O) groups is 2. The molecular formula is C19H17Br2F3NO8PS2. The average Bonchev–Trinajstić information content (AvgIpc) is 2.86. The van der Waals surface area contributed by atoms with Gasteiger partial charge in [0.25, 0.3) is 0 Å². The molecule has 2 aromatic carbocycles. The Morgan fingerprint density at radius 2 is 1.36 bits per heavy atom. The predicted molar refractivity (Wildman–Crippen MR) is 133 cm³/mol. The molecule has 0 unspecified atom stereocenters. The van der Waals surface area contributed by atoms with Crippen LogP contribution in [0.3, 0.4) is 0 Å². The maximum atomic E-state index is 13.4. The number of halogens is 5. The molecule has 0 aliphatic heterocycles. The van der Waals surface area contributed by atoms with Crippen molar-refractivity contribution < 1.29 is 51.2 Å². The summed E-state index contributed by atoms with van der Waals surface area (Å²) in [6, 6.07) is 12.1. The lowest BCUT2D eigenvalue weighted by Gasteiger charge is -2.25. The second-order valence-corrected chi connectivity index (χ2v) is 11.5. The van der Waals surface area contributed by atoms with E-state index >= 15 is 0 Å². The van der Waals surface area contributed by atoms with Crippen LogP contribution >= 0.6 is 57.6 Å². The molecule has 0 aromatic heterocycles. The summed E-state index contributed by atoms with van der Waals surface area (Å²) in [7, 11) is -2.32. The Balaban J connectivity index is 2.28. The largest absolute Gasteiger partial charge is 0.471 e. The highest BCUT2D eigenvalue weighted by Gasteiger charge is 2.47. The summed E-state index contributed by atoms with van der Waals surface area (Å²) in [5, 5.41) is 0. The molecule has 36 heavy (non-hydrogen) atoms. The third-order valence-electron chi connectivity index (χ3n) is 3.82. The number of esters is 1. The minimum absolute atomic E-state index is 0.0157. The van der Waals surface area contributed by atoms with Gasteiger partial charge in [-0.05, 0) is 105 Å². The Morgan fingerprint density at radius 3 is 1.72 bits per heavy atom. The monoisotopic (exact) mass is 697 g/mol. The molecule has 0 heterocycles. The number of nitrogens with zero attached hydrogens (tertiary/aromatic N) is 1. The van der Waals surface area contributed by atoms with Crippen molar-refractivity contribution in [3.63, 3.8) is 0 Å². The Hall–Kier alpha value is -1.42. The van der Waals surface area contributed by atoms with Crippen LogP contribution in [-0.2, 0) is 28.2 Å². The van der Waals surface area contributed by atoms with Gasteiger partial charge in [-0.15, -0.1) is 0 Å². The van der Waals surface area contributed by atoms with Crippen LogP contribution in [0.2, 0.25) is 0 Å². The minimum Gasteiger partial charge on any atom is -0.465 e. The van der Waals surface area contributed by atoms with Crippen LogP contribution in [0.15, 0.2) is 58.3 Å². The zero-order chi connectivity index (χ0) is 26.8. The highest BCUT2D eigenvalue weighted by Crippen LogP contribution is 2.50. The van der Waals surface area contributed by atoms with Gasteiger partial charge in [-0.1, -0.05) is 9.35 Å². The van der Waals surface area contributed by atoms with Gasteiger partial charge in [0.05, 0.1) is 6.61 Å². The van der Waals surface area contributed by atoms with Crippen molar-refractivity contribution >= 4 is 69.5 Å². The van der Waals surface area contributed by atoms with E-state index in [0.717, 1.165) is 9.79 Å². The number of hydrogen-bond donors (Lipinski definition) is 0. The van der Waals surface area contributed by atoms with E-state index in [2.05, 4.69) is 34.4 Å². The maximum absolute atomic E-state index is 13.4. The molecule has 17 heteroatoms.